The summed E-state index contributed by atoms with van der Waals surface area (Å²) in [6.45, 7) is 0. The molecule has 0 aliphatic carbocycles. The van der Waals surface area contributed by atoms with Crippen molar-refractivity contribution in [2.75, 3.05) is 21.3 Å². The van der Waals surface area contributed by atoms with Crippen LogP contribution in [0.25, 0.3) is 0 Å². The molecule has 0 atom stereocenters. The van der Waals surface area contributed by atoms with Gasteiger partial charge in [0.05, 0.1) is 7.11 Å². The summed E-state index contributed by atoms with van der Waals surface area (Å²) in [4.78, 5) is 11.1. The van der Waals surface area contributed by atoms with E-state index in [2.05, 4.69) is 16.9 Å². The first-order valence-electron chi connectivity index (χ1n) is 7.37. The number of carbonyl (C=O) groups excluding carboxylic acids is 1. The fourth-order valence-electron chi connectivity index (χ4n) is 2.37. The van der Waals surface area contributed by atoms with Crippen LogP contribution >= 0.6 is 0 Å². The Labute approximate surface area is 127 Å². The van der Waals surface area contributed by atoms with Crippen LogP contribution in [0.5, 0.6) is 0 Å². The topological polar surface area (TPSA) is 44.8 Å². The SMILES string of the molecule is COC(=O)CCCCCC(Cc1ccccc1)(OC)OC. The van der Waals surface area contributed by atoms with Crippen molar-refractivity contribution < 1.29 is 19.0 Å². The fraction of sp³-hybridized carbons (Fsp3) is 0.588. The largest absolute Gasteiger partial charge is 0.469 e. The fourth-order valence-corrected chi connectivity index (χ4v) is 2.37. The molecular weight excluding hydrogens is 268 g/mol. The molecule has 0 unspecified atom stereocenters. The van der Waals surface area contributed by atoms with E-state index < -0.39 is 5.79 Å². The van der Waals surface area contributed by atoms with Gasteiger partial charge >= 0.3 is 5.97 Å². The second-order valence-electron chi connectivity index (χ2n) is 5.12. The molecule has 0 amide bonds. The summed E-state index contributed by atoms with van der Waals surface area (Å²) in [6, 6.07) is 10.2. The van der Waals surface area contributed by atoms with Crippen molar-refractivity contribution in [2.24, 2.45) is 0 Å². The third-order valence-corrected chi connectivity index (χ3v) is 3.73. The Kier molecular flexibility index (Phi) is 8.01. The lowest BCUT2D eigenvalue weighted by Crippen LogP contribution is -2.36. The third kappa shape index (κ3) is 6.27. The Morgan fingerprint density at radius 1 is 1.00 bits per heavy atom. The van der Waals surface area contributed by atoms with Crippen LogP contribution in [0.4, 0.5) is 0 Å². The number of esters is 1. The number of unbranched alkanes of at least 4 members (excludes halogenated alkanes) is 2. The van der Waals surface area contributed by atoms with Gasteiger partial charge in [-0.15, -0.1) is 0 Å². The Morgan fingerprint density at radius 2 is 1.67 bits per heavy atom. The van der Waals surface area contributed by atoms with Gasteiger partial charge in [-0.2, -0.15) is 0 Å². The lowest BCUT2D eigenvalue weighted by Gasteiger charge is -2.31. The molecule has 0 aliphatic heterocycles. The molecule has 0 heterocycles. The van der Waals surface area contributed by atoms with Gasteiger partial charge in [0.1, 0.15) is 0 Å². The highest BCUT2D eigenvalue weighted by molar-refractivity contribution is 5.68. The van der Waals surface area contributed by atoms with Crippen LogP contribution in [0.2, 0.25) is 0 Å². The first kappa shape index (κ1) is 17.7. The molecule has 4 nitrogen and oxygen atoms in total. The molecule has 0 saturated heterocycles. The minimum absolute atomic E-state index is 0.149. The Morgan fingerprint density at radius 3 is 2.24 bits per heavy atom. The van der Waals surface area contributed by atoms with Gasteiger partial charge in [0, 0.05) is 33.5 Å². The summed E-state index contributed by atoms with van der Waals surface area (Å²) in [5, 5.41) is 0. The maximum Gasteiger partial charge on any atom is 0.305 e. The van der Waals surface area contributed by atoms with Crippen molar-refractivity contribution in [1.82, 2.24) is 0 Å². The Balaban J connectivity index is 2.43. The smallest absolute Gasteiger partial charge is 0.305 e. The molecule has 1 aromatic rings. The molecule has 0 spiro atoms. The molecule has 0 bridgehead atoms. The van der Waals surface area contributed by atoms with Crippen LogP contribution in [0, 0.1) is 0 Å². The number of hydrogen-bond donors (Lipinski definition) is 0. The molecule has 0 saturated carbocycles. The molecule has 4 heteroatoms. The van der Waals surface area contributed by atoms with Crippen molar-refractivity contribution >= 4 is 5.97 Å². The standard InChI is InChI=1S/C17H26O4/c1-19-16(18)12-8-5-9-13-17(20-2,21-3)14-15-10-6-4-7-11-15/h4,6-7,10-11H,5,8-9,12-14H2,1-3H3. The molecule has 0 N–H and O–H groups in total. The van der Waals surface area contributed by atoms with Gasteiger partial charge in [0.2, 0.25) is 0 Å². The maximum absolute atomic E-state index is 11.1. The first-order chi connectivity index (χ1) is 10.2. The van der Waals surface area contributed by atoms with Crippen molar-refractivity contribution in [3.05, 3.63) is 35.9 Å². The summed E-state index contributed by atoms with van der Waals surface area (Å²) in [5.41, 5.74) is 1.19. The Hall–Kier alpha value is -1.39. The van der Waals surface area contributed by atoms with E-state index in [1.807, 2.05) is 18.2 Å². The zero-order valence-electron chi connectivity index (χ0n) is 13.3. The van der Waals surface area contributed by atoms with E-state index in [9.17, 15) is 4.79 Å². The zero-order chi connectivity index (χ0) is 15.6. The summed E-state index contributed by atoms with van der Waals surface area (Å²) in [6.07, 6.45) is 4.74. The van der Waals surface area contributed by atoms with Crippen LogP contribution in [0.3, 0.4) is 0 Å². The van der Waals surface area contributed by atoms with Crippen molar-refractivity contribution in [3.8, 4) is 0 Å². The van der Waals surface area contributed by atoms with E-state index in [1.54, 1.807) is 14.2 Å². The first-order valence-corrected chi connectivity index (χ1v) is 7.37. The van der Waals surface area contributed by atoms with Crippen LogP contribution in [-0.4, -0.2) is 33.1 Å². The number of methoxy groups -OCH3 is 3. The molecule has 0 aromatic heterocycles. The minimum atomic E-state index is -0.591. The summed E-state index contributed by atoms with van der Waals surface area (Å²) in [5.74, 6) is -0.740. The van der Waals surface area contributed by atoms with Gasteiger partial charge in [0.25, 0.3) is 0 Å². The highest BCUT2D eigenvalue weighted by Gasteiger charge is 2.29. The highest BCUT2D eigenvalue weighted by Crippen LogP contribution is 2.25. The molecule has 21 heavy (non-hydrogen) atoms. The van der Waals surface area contributed by atoms with E-state index in [-0.39, 0.29) is 5.97 Å². The zero-order valence-corrected chi connectivity index (χ0v) is 13.3. The summed E-state index contributed by atoms with van der Waals surface area (Å²) >= 11 is 0. The third-order valence-electron chi connectivity index (χ3n) is 3.73. The number of ether oxygens (including phenoxy) is 3. The van der Waals surface area contributed by atoms with E-state index in [4.69, 9.17) is 9.47 Å². The summed E-state index contributed by atoms with van der Waals surface area (Å²) < 4.78 is 15.9. The Bertz CT molecular complexity index is 399. The summed E-state index contributed by atoms with van der Waals surface area (Å²) in [7, 11) is 4.78. The van der Waals surface area contributed by atoms with Crippen molar-refractivity contribution in [2.45, 2.75) is 44.3 Å². The van der Waals surface area contributed by atoms with E-state index >= 15 is 0 Å². The van der Waals surface area contributed by atoms with E-state index in [0.717, 1.165) is 32.1 Å². The number of rotatable bonds is 10. The monoisotopic (exact) mass is 294 g/mol. The normalized spacial score (nSPS) is 11.4. The average molecular weight is 294 g/mol. The molecule has 0 radical (unpaired) electrons. The van der Waals surface area contributed by atoms with E-state index in [0.29, 0.717) is 6.42 Å². The molecule has 0 aliphatic rings. The van der Waals surface area contributed by atoms with Gasteiger partial charge in [-0.3, -0.25) is 4.79 Å². The maximum atomic E-state index is 11.1. The minimum Gasteiger partial charge on any atom is -0.469 e. The van der Waals surface area contributed by atoms with Gasteiger partial charge in [0.15, 0.2) is 5.79 Å². The van der Waals surface area contributed by atoms with Crippen LogP contribution < -0.4 is 0 Å². The predicted molar refractivity (Wildman–Crippen MR) is 82.0 cm³/mol. The lowest BCUT2D eigenvalue weighted by molar-refractivity contribution is -0.210. The second kappa shape index (κ2) is 9.53. The molecule has 118 valence electrons. The lowest BCUT2D eigenvalue weighted by atomic mass is 9.98. The van der Waals surface area contributed by atoms with Gasteiger partial charge < -0.3 is 14.2 Å². The van der Waals surface area contributed by atoms with Gasteiger partial charge in [-0.25, -0.2) is 0 Å². The molecule has 0 fully saturated rings. The van der Waals surface area contributed by atoms with Crippen LogP contribution in [0.15, 0.2) is 30.3 Å². The highest BCUT2D eigenvalue weighted by atomic mass is 16.7. The van der Waals surface area contributed by atoms with Crippen molar-refractivity contribution in [3.63, 3.8) is 0 Å². The molecular formula is C17H26O4. The van der Waals surface area contributed by atoms with E-state index in [1.165, 1.54) is 12.7 Å². The average Bonchev–Trinajstić information content (AvgIpc) is 2.54. The van der Waals surface area contributed by atoms with Crippen LogP contribution in [0.1, 0.15) is 37.7 Å². The van der Waals surface area contributed by atoms with Crippen LogP contribution in [-0.2, 0) is 25.4 Å². The van der Waals surface area contributed by atoms with Gasteiger partial charge in [-0.05, 0) is 18.4 Å². The second-order valence-corrected chi connectivity index (χ2v) is 5.12. The quantitative estimate of drug-likeness (QED) is 0.377. The number of carbonyl (C=O) groups is 1. The predicted octanol–water partition coefficient (Wildman–Crippen LogP) is 3.34. The molecule has 1 aromatic carbocycles. The number of hydrogen-bond acceptors (Lipinski definition) is 4. The van der Waals surface area contributed by atoms with Crippen molar-refractivity contribution in [1.29, 1.82) is 0 Å². The molecule has 1 rings (SSSR count). The number of benzene rings is 1. The van der Waals surface area contributed by atoms with Gasteiger partial charge in [-0.1, -0.05) is 36.8 Å².